The number of alkyl halides is 3. The second-order valence-corrected chi connectivity index (χ2v) is 8.35. The fraction of sp³-hybridized carbons (Fsp3) is 0.182. The number of carbonyl (C=O) groups excluding carboxylic acids is 1. The summed E-state index contributed by atoms with van der Waals surface area (Å²) in [5.41, 5.74) is -1.96. The molecular formula is C22H18F3N3O5S. The molecule has 0 radical (unpaired) electrons. The molecule has 2 N–H and O–H groups in total. The van der Waals surface area contributed by atoms with E-state index in [1.807, 2.05) is 0 Å². The molecule has 1 aliphatic rings. The molecule has 2 aromatic rings. The summed E-state index contributed by atoms with van der Waals surface area (Å²) in [7, 11) is -4.02. The van der Waals surface area contributed by atoms with Crippen molar-refractivity contribution >= 4 is 33.4 Å². The molecule has 0 spiro atoms. The molecule has 1 amide bonds. The third kappa shape index (κ3) is 5.38. The second kappa shape index (κ2) is 9.58. The normalized spacial score (nSPS) is 15.3. The molecule has 3 rings (SSSR count). The number of benzene rings is 2. The minimum absolute atomic E-state index is 0.0386. The number of hydrogen-bond acceptors (Lipinski definition) is 6. The lowest BCUT2D eigenvalue weighted by atomic mass is 10.1. The summed E-state index contributed by atoms with van der Waals surface area (Å²) >= 11 is 0. The molecule has 1 heterocycles. The lowest BCUT2D eigenvalue weighted by molar-refractivity contribution is -0.114. The molecule has 178 valence electrons. The number of ether oxygens (including phenoxy) is 2. The van der Waals surface area contributed by atoms with Crippen LogP contribution in [0.5, 0.6) is 11.5 Å². The van der Waals surface area contributed by atoms with Gasteiger partial charge in [0.25, 0.3) is 5.91 Å². The Morgan fingerprint density at radius 2 is 1.82 bits per heavy atom. The zero-order valence-corrected chi connectivity index (χ0v) is 18.5. The van der Waals surface area contributed by atoms with Crippen molar-refractivity contribution in [3.05, 3.63) is 53.6 Å². The number of hydrogen-bond donors (Lipinski definition) is 1. The third-order valence-corrected chi connectivity index (χ3v) is 5.38. The van der Waals surface area contributed by atoms with Crippen LogP contribution >= 0.6 is 0 Å². The van der Waals surface area contributed by atoms with Gasteiger partial charge >= 0.3 is 6.18 Å². The van der Waals surface area contributed by atoms with Gasteiger partial charge in [0.2, 0.25) is 10.0 Å². The monoisotopic (exact) mass is 493 g/mol. The van der Waals surface area contributed by atoms with Gasteiger partial charge in [-0.15, -0.1) is 6.42 Å². The van der Waals surface area contributed by atoms with Crippen molar-refractivity contribution in [3.8, 4) is 23.8 Å². The van der Waals surface area contributed by atoms with E-state index in [-0.39, 0.29) is 35.1 Å². The topological polar surface area (TPSA) is 111 Å². The Morgan fingerprint density at radius 3 is 2.38 bits per heavy atom. The van der Waals surface area contributed by atoms with Gasteiger partial charge in [0.1, 0.15) is 6.61 Å². The van der Waals surface area contributed by atoms with E-state index >= 15 is 0 Å². The third-order valence-electron chi connectivity index (χ3n) is 4.45. The molecule has 0 saturated carbocycles. The Balaban J connectivity index is 2.02. The average molecular weight is 493 g/mol. The number of sulfonamides is 1. The molecule has 34 heavy (non-hydrogen) atoms. The first-order valence-corrected chi connectivity index (χ1v) is 11.2. The van der Waals surface area contributed by atoms with Gasteiger partial charge in [-0.05, 0) is 55.0 Å². The van der Waals surface area contributed by atoms with Crippen molar-refractivity contribution in [2.45, 2.75) is 18.0 Å². The van der Waals surface area contributed by atoms with E-state index in [1.54, 1.807) is 6.92 Å². The maximum absolute atomic E-state index is 13.7. The van der Waals surface area contributed by atoms with Gasteiger partial charge in [-0.1, -0.05) is 12.0 Å². The molecule has 0 unspecified atom stereocenters. The van der Waals surface area contributed by atoms with Gasteiger partial charge in [0.05, 0.1) is 22.8 Å². The number of nitrogens with zero attached hydrogens (tertiary/aromatic N) is 2. The van der Waals surface area contributed by atoms with E-state index in [9.17, 15) is 26.4 Å². The summed E-state index contributed by atoms with van der Waals surface area (Å²) in [5.74, 6) is 1.77. The van der Waals surface area contributed by atoms with Gasteiger partial charge in [-0.25, -0.2) is 13.6 Å². The largest absolute Gasteiger partial charge is 0.490 e. The first kappa shape index (κ1) is 24.8. The standard InChI is InChI=1S/C22H18F3N3O5S/c1-3-11-33-18-10-5-14(13-19(18)32-4-2)12-17-20(22(23,24)25)27-28(21(17)29)15-6-8-16(9-7-15)34(26,30)31/h1,5-10,12-13H,4,11H2,2H3,(H2,26,30,31)/b17-12+. The number of halogens is 3. The molecule has 0 bridgehead atoms. The van der Waals surface area contributed by atoms with Crippen LogP contribution in [0.2, 0.25) is 0 Å². The van der Waals surface area contributed by atoms with Gasteiger partial charge in [-0.2, -0.15) is 23.3 Å². The molecule has 0 atom stereocenters. The van der Waals surface area contributed by atoms with Crippen LogP contribution in [0.25, 0.3) is 6.08 Å². The highest BCUT2D eigenvalue weighted by atomic mass is 32.2. The van der Waals surface area contributed by atoms with E-state index in [0.717, 1.165) is 30.3 Å². The molecule has 0 fully saturated rings. The summed E-state index contributed by atoms with van der Waals surface area (Å²) < 4.78 is 74.7. The fourth-order valence-corrected chi connectivity index (χ4v) is 3.51. The van der Waals surface area contributed by atoms with Crippen molar-refractivity contribution in [1.29, 1.82) is 0 Å². The Hall–Kier alpha value is -3.82. The van der Waals surface area contributed by atoms with Gasteiger partial charge in [0, 0.05) is 0 Å². The highest BCUT2D eigenvalue weighted by Gasteiger charge is 2.46. The van der Waals surface area contributed by atoms with Crippen LogP contribution in [0, 0.1) is 12.3 Å². The number of nitrogens with two attached hydrogens (primary N) is 1. The lowest BCUT2D eigenvalue weighted by Crippen LogP contribution is -2.25. The van der Waals surface area contributed by atoms with E-state index < -0.39 is 33.4 Å². The SMILES string of the molecule is C#CCOc1ccc(/C=C2/C(=O)N(c3ccc(S(N)(=O)=O)cc3)N=C2C(F)(F)F)cc1OCC. The Kier molecular flexibility index (Phi) is 6.99. The second-order valence-electron chi connectivity index (χ2n) is 6.79. The summed E-state index contributed by atoms with van der Waals surface area (Å²) in [6, 6.07) is 8.69. The highest BCUT2D eigenvalue weighted by Crippen LogP contribution is 2.34. The summed E-state index contributed by atoms with van der Waals surface area (Å²) in [5, 5.41) is 9.01. The van der Waals surface area contributed by atoms with E-state index in [2.05, 4.69) is 11.0 Å². The number of carbonyl (C=O) groups is 1. The molecule has 12 heteroatoms. The predicted octanol–water partition coefficient (Wildman–Crippen LogP) is 3.09. The fourth-order valence-electron chi connectivity index (χ4n) is 2.99. The number of primary sulfonamides is 1. The zero-order valence-electron chi connectivity index (χ0n) is 17.7. The van der Waals surface area contributed by atoms with Crippen molar-refractivity contribution < 1.29 is 35.9 Å². The molecule has 8 nitrogen and oxygen atoms in total. The predicted molar refractivity (Wildman–Crippen MR) is 119 cm³/mol. The van der Waals surface area contributed by atoms with Gasteiger partial charge in [0.15, 0.2) is 17.2 Å². The van der Waals surface area contributed by atoms with Gasteiger partial charge < -0.3 is 9.47 Å². The van der Waals surface area contributed by atoms with Crippen LogP contribution in [-0.4, -0.2) is 39.4 Å². The maximum Gasteiger partial charge on any atom is 0.435 e. The zero-order chi connectivity index (χ0) is 25.1. The number of terminal acetylenes is 1. The van der Waals surface area contributed by atoms with Crippen LogP contribution in [0.1, 0.15) is 12.5 Å². The Morgan fingerprint density at radius 1 is 1.15 bits per heavy atom. The van der Waals surface area contributed by atoms with Crippen LogP contribution in [0.3, 0.4) is 0 Å². The average Bonchev–Trinajstić information content (AvgIpc) is 3.09. The van der Waals surface area contributed by atoms with Crippen molar-refractivity contribution in [3.63, 3.8) is 0 Å². The first-order valence-electron chi connectivity index (χ1n) is 9.64. The molecule has 0 aliphatic carbocycles. The van der Waals surface area contributed by atoms with Gasteiger partial charge in [-0.3, -0.25) is 4.79 Å². The Bertz CT molecular complexity index is 1310. The molecule has 0 saturated heterocycles. The maximum atomic E-state index is 13.7. The molecular weight excluding hydrogens is 475 g/mol. The number of amides is 1. The molecule has 0 aromatic heterocycles. The van der Waals surface area contributed by atoms with E-state index in [0.29, 0.717) is 10.8 Å². The van der Waals surface area contributed by atoms with Crippen molar-refractivity contribution in [2.75, 3.05) is 18.2 Å². The van der Waals surface area contributed by atoms with Crippen LogP contribution in [0.4, 0.5) is 18.9 Å². The van der Waals surface area contributed by atoms with E-state index in [4.69, 9.17) is 21.0 Å². The van der Waals surface area contributed by atoms with E-state index in [1.165, 1.54) is 18.2 Å². The van der Waals surface area contributed by atoms with Crippen LogP contribution in [0.15, 0.2) is 58.0 Å². The van der Waals surface area contributed by atoms with Crippen molar-refractivity contribution in [2.24, 2.45) is 10.2 Å². The quantitative estimate of drug-likeness (QED) is 0.471. The smallest absolute Gasteiger partial charge is 0.435 e. The lowest BCUT2D eigenvalue weighted by Gasteiger charge is -2.12. The minimum Gasteiger partial charge on any atom is -0.490 e. The number of anilines is 1. The molecule has 2 aromatic carbocycles. The number of rotatable bonds is 7. The summed E-state index contributed by atoms with van der Waals surface area (Å²) in [6.07, 6.45) is 1.27. The first-order chi connectivity index (χ1) is 16.0. The summed E-state index contributed by atoms with van der Waals surface area (Å²) in [4.78, 5) is 12.6. The van der Waals surface area contributed by atoms with Crippen LogP contribution < -0.4 is 19.6 Å². The molecule has 1 aliphatic heterocycles. The summed E-state index contributed by atoms with van der Waals surface area (Å²) in [6.45, 7) is 1.93. The van der Waals surface area contributed by atoms with Crippen LogP contribution in [-0.2, 0) is 14.8 Å². The van der Waals surface area contributed by atoms with Crippen molar-refractivity contribution in [1.82, 2.24) is 0 Å². The number of hydrazone groups is 1. The highest BCUT2D eigenvalue weighted by molar-refractivity contribution is 7.89. The minimum atomic E-state index is -4.94. The Labute approximate surface area is 193 Å².